The van der Waals surface area contributed by atoms with Crippen LogP contribution in [0.15, 0.2) is 35.9 Å². The Morgan fingerprint density at radius 1 is 1.01 bits per heavy atom. The van der Waals surface area contributed by atoms with E-state index in [2.05, 4.69) is 42.6 Å². The zero-order chi connectivity index (χ0) is 57.6. The summed E-state index contributed by atoms with van der Waals surface area (Å²) in [6.45, 7) is 9.39. The highest BCUT2D eigenvalue weighted by atomic mass is 35.5. The second kappa shape index (κ2) is 35.3. The molecule has 0 saturated carbocycles. The highest BCUT2D eigenvalue weighted by molar-refractivity contribution is 6.35. The van der Waals surface area contributed by atoms with E-state index in [0.29, 0.717) is 56.7 Å². The van der Waals surface area contributed by atoms with Gasteiger partial charge in [0.25, 0.3) is 0 Å². The monoisotopic (exact) mass is 1100 g/mol. The number of aliphatic hydroxyl groups is 1. The molecule has 1 saturated heterocycles. The van der Waals surface area contributed by atoms with Crippen LogP contribution < -0.4 is 47.4 Å². The number of carbonyl (C=O) groups is 9. The van der Waals surface area contributed by atoms with Gasteiger partial charge < -0.3 is 80.0 Å². The van der Waals surface area contributed by atoms with Gasteiger partial charge in [-0.2, -0.15) is 0 Å². The lowest BCUT2D eigenvalue weighted by Gasteiger charge is -2.37. The van der Waals surface area contributed by atoms with Crippen LogP contribution in [-0.2, 0) is 78.1 Å². The number of hydrogen-bond donors (Lipinski definition) is 8. The number of nitrogens with two attached hydrogens (primary N) is 1. The molecule has 7 amide bonds. The van der Waals surface area contributed by atoms with Gasteiger partial charge in [0.05, 0.1) is 51.1 Å². The van der Waals surface area contributed by atoms with Crippen molar-refractivity contribution in [2.75, 3.05) is 99.9 Å². The van der Waals surface area contributed by atoms with Crippen molar-refractivity contribution in [1.29, 1.82) is 0 Å². The third-order valence-corrected chi connectivity index (χ3v) is 12.5. The molecule has 0 radical (unpaired) electrons. The number of epoxide rings is 1. The lowest BCUT2D eigenvalue weighted by molar-refractivity contribution is -0.162. The van der Waals surface area contributed by atoms with Gasteiger partial charge in [0.15, 0.2) is 5.72 Å². The predicted octanol–water partition coefficient (Wildman–Crippen LogP) is -1.42. The molecule has 1 aromatic carbocycles. The van der Waals surface area contributed by atoms with E-state index < -0.39 is 77.3 Å². The molecule has 9 N–H and O–H groups in total. The molecule has 8 unspecified atom stereocenters. The zero-order valence-corrected chi connectivity index (χ0v) is 45.9. The van der Waals surface area contributed by atoms with Gasteiger partial charge in [-0.15, -0.1) is 0 Å². The fourth-order valence-corrected chi connectivity index (χ4v) is 7.79. The van der Waals surface area contributed by atoms with Crippen molar-refractivity contribution in [3.05, 3.63) is 46.5 Å². The van der Waals surface area contributed by atoms with Crippen molar-refractivity contribution >= 4 is 71.9 Å². The third kappa shape index (κ3) is 22.2. The molecule has 76 heavy (non-hydrogen) atoms. The number of rotatable bonds is 23. The SMILES string of the molecule is CCOCC(=O)N(C)C(C)C(=O)OC1CC(=O)N(C)c2cc(cc(OC)c2Cl)C/C(C)=C/C=C/C(OC)C(O)(NC=O)CC(OC)C(C)C2OC12C.CNCCNC(=O)CNC(=O)CNC(=O)CNC=O.NOCC=O. The van der Waals surface area contributed by atoms with Crippen LogP contribution in [0.4, 0.5) is 5.69 Å². The molecule has 0 spiro atoms. The largest absolute Gasteiger partial charge is 0.495 e. The number of hydrogen-bond acceptors (Lipinski definition) is 19. The highest BCUT2D eigenvalue weighted by Gasteiger charge is 2.63. The molecule has 3 rings (SSSR count). The van der Waals surface area contributed by atoms with Gasteiger partial charge >= 0.3 is 5.97 Å². The lowest BCUT2D eigenvalue weighted by Crippen LogP contribution is -2.57. The minimum absolute atomic E-state index is 0.0139. The van der Waals surface area contributed by atoms with Crippen LogP contribution in [0.25, 0.3) is 0 Å². The first-order valence-corrected chi connectivity index (χ1v) is 24.5. The number of methoxy groups -OCH3 is 3. The number of nitrogens with one attached hydrogen (secondary N) is 6. The number of likely N-dealkylation sites (N-methyl/N-ethyl adjacent to an activating group) is 2. The van der Waals surface area contributed by atoms with E-state index in [9.17, 15) is 48.3 Å². The summed E-state index contributed by atoms with van der Waals surface area (Å²) in [7, 11) is 9.18. The Morgan fingerprint density at radius 3 is 2.20 bits per heavy atom. The summed E-state index contributed by atoms with van der Waals surface area (Å²) in [5.74, 6) is 1.44. The Kier molecular flexibility index (Phi) is 31.5. The van der Waals surface area contributed by atoms with Crippen LogP contribution in [0.1, 0.15) is 53.0 Å². The number of fused-ring (bicyclic) bond motifs is 3. The number of ether oxygens (including phenoxy) is 6. The van der Waals surface area contributed by atoms with E-state index in [-0.39, 0.29) is 56.6 Å². The van der Waals surface area contributed by atoms with Crippen molar-refractivity contribution in [1.82, 2.24) is 36.8 Å². The summed E-state index contributed by atoms with van der Waals surface area (Å²) < 4.78 is 34.6. The van der Waals surface area contributed by atoms with Gasteiger partial charge in [-0.05, 0) is 58.9 Å². The maximum atomic E-state index is 14.1. The number of anilines is 1. The highest BCUT2D eigenvalue weighted by Crippen LogP contribution is 2.49. The third-order valence-electron chi connectivity index (χ3n) is 12.1. The molecule has 1 fully saturated rings. The zero-order valence-electron chi connectivity index (χ0n) is 45.2. The van der Waals surface area contributed by atoms with Gasteiger partial charge in [0.2, 0.25) is 42.4 Å². The van der Waals surface area contributed by atoms with Crippen LogP contribution in [-0.4, -0.2) is 201 Å². The van der Waals surface area contributed by atoms with Crippen LogP contribution >= 0.6 is 11.6 Å². The van der Waals surface area contributed by atoms with Crippen molar-refractivity contribution in [2.24, 2.45) is 11.8 Å². The van der Waals surface area contributed by atoms with Crippen molar-refractivity contribution in [3.63, 3.8) is 0 Å². The summed E-state index contributed by atoms with van der Waals surface area (Å²) >= 11 is 6.75. The summed E-state index contributed by atoms with van der Waals surface area (Å²) in [5.41, 5.74) is -0.990. The Bertz CT molecular complexity index is 2140. The number of halogens is 1. The van der Waals surface area contributed by atoms with Gasteiger partial charge in [0, 0.05) is 60.4 Å². The Morgan fingerprint density at radius 2 is 1.66 bits per heavy atom. The minimum atomic E-state index is -1.89. The van der Waals surface area contributed by atoms with E-state index in [1.807, 2.05) is 19.9 Å². The Hall–Kier alpha value is -6.10. The maximum absolute atomic E-state index is 14.1. The van der Waals surface area contributed by atoms with Gasteiger partial charge in [-0.25, -0.2) is 10.7 Å². The average Bonchev–Trinajstić information content (AvgIpc) is 4.10. The number of benzene rings is 1. The molecule has 0 aromatic heterocycles. The lowest BCUT2D eigenvalue weighted by atomic mass is 9.84. The number of aldehydes is 1. The quantitative estimate of drug-likeness (QED) is 0.0156. The first kappa shape index (κ1) is 67.9. The molecule has 8 atom stereocenters. The molecule has 2 aliphatic rings. The van der Waals surface area contributed by atoms with E-state index in [1.54, 1.807) is 52.2 Å². The first-order valence-electron chi connectivity index (χ1n) is 24.1. The minimum Gasteiger partial charge on any atom is -0.495 e. The van der Waals surface area contributed by atoms with Crippen molar-refractivity contribution < 1.29 is 81.5 Å². The molecule has 27 heteroatoms. The topological polar surface area (TPSA) is 346 Å². The van der Waals surface area contributed by atoms with Crippen LogP contribution in [0.5, 0.6) is 5.75 Å². The maximum Gasteiger partial charge on any atom is 0.328 e. The molecule has 1 aromatic rings. The summed E-state index contributed by atoms with van der Waals surface area (Å²) in [6.07, 6.45) is 3.16. The van der Waals surface area contributed by atoms with E-state index >= 15 is 0 Å². The molecule has 428 valence electrons. The average molecular weight is 1100 g/mol. The van der Waals surface area contributed by atoms with E-state index in [4.69, 9.17) is 40.0 Å². The fourth-order valence-electron chi connectivity index (χ4n) is 7.48. The van der Waals surface area contributed by atoms with E-state index in [0.717, 1.165) is 11.1 Å². The van der Waals surface area contributed by atoms with Crippen LogP contribution in [0.3, 0.4) is 0 Å². The number of nitrogens with zero attached hydrogens (tertiary/aromatic N) is 2. The van der Waals surface area contributed by atoms with Crippen LogP contribution in [0.2, 0.25) is 5.02 Å². The normalized spacial score (nSPS) is 23.8. The molecular formula is C49H78ClN9O17. The summed E-state index contributed by atoms with van der Waals surface area (Å²) in [4.78, 5) is 111. The molecule has 2 heterocycles. The molecule has 2 aliphatic heterocycles. The molecule has 2 bridgehead atoms. The molecular weight excluding hydrogens is 1020 g/mol. The fraction of sp³-hybridized carbons (Fsp3) is 0.612. The van der Waals surface area contributed by atoms with Crippen LogP contribution in [0, 0.1) is 5.92 Å². The second-order valence-electron chi connectivity index (χ2n) is 17.5. The number of amides is 7. The van der Waals surface area contributed by atoms with Crippen molar-refractivity contribution in [2.45, 2.75) is 95.7 Å². The van der Waals surface area contributed by atoms with Gasteiger partial charge in [-0.1, -0.05) is 42.3 Å². The summed E-state index contributed by atoms with van der Waals surface area (Å²) in [6, 6.07) is 2.55. The molecule has 0 aliphatic carbocycles. The summed E-state index contributed by atoms with van der Waals surface area (Å²) in [5, 5.41) is 26.7. The standard InChI is InChI=1S/C37H54ClN3O11.C10H19N5O4.C2H5NO2/c1-11-50-20-32(44)40(6)24(4)35(45)51-30-18-31(43)41(7)26-16-25(17-27(47-8)33(26)38)15-22(2)13-12-14-29(49-10)37(46,39-21-42)19-28(48-9)23(3)34-36(30,5)52-34;1-11-2-3-13-9(18)5-15-10(19)6-14-8(17)4-12-7-16;3-5-2-1-4/h12-14,16-17,21,23-24,28-30,34,46H,11,15,18-20H2,1-10H3,(H,39,42);7,11H,2-6H2,1H3,(H,12,16)(H,13,18)(H,14,17)(H,15,19);1H,2-3H2/b14-12+,22-13+;;. The molecule has 26 nitrogen and oxygen atoms in total. The van der Waals surface area contributed by atoms with Gasteiger partial charge in [0.1, 0.15) is 54.1 Å². The number of allylic oxidation sites excluding steroid dienone is 3. The predicted molar refractivity (Wildman–Crippen MR) is 277 cm³/mol. The van der Waals surface area contributed by atoms with Crippen molar-refractivity contribution in [3.8, 4) is 5.75 Å². The van der Waals surface area contributed by atoms with Gasteiger partial charge in [-0.3, -0.25) is 38.4 Å². The number of esters is 1. The smallest absolute Gasteiger partial charge is 0.328 e. The second-order valence-corrected chi connectivity index (χ2v) is 17.9. The Labute approximate surface area is 448 Å². The number of carbonyl (C=O) groups excluding carboxylic acids is 9. The Balaban J connectivity index is 0.000000996. The first-order chi connectivity index (χ1) is 36.0. The van der Waals surface area contributed by atoms with E-state index in [1.165, 1.54) is 45.1 Å².